The average Bonchev–Trinajstić information content (AvgIpc) is 3.69. The molecule has 0 aliphatic rings. The molecule has 0 spiro atoms. The number of carbonyl (C=O) groups is 5. The molecule has 16 nitrogen and oxygen atoms in total. The Balaban J connectivity index is 2.29. The van der Waals surface area contributed by atoms with Gasteiger partial charge in [0.25, 0.3) is 0 Å². The number of carboxylic acid groups (broad SMARTS) is 1. The van der Waals surface area contributed by atoms with Crippen LogP contribution in [0.4, 0.5) is 0 Å². The summed E-state index contributed by atoms with van der Waals surface area (Å²) in [6, 6.07) is -5.38. The molecule has 0 aromatic carbocycles. The number of nitrogens with zero attached hydrogens (tertiary/aromatic N) is 2. The third-order valence-corrected chi connectivity index (χ3v) is 7.19. The number of hydrogen-bond donors (Lipinski definition) is 9. The topological polar surface area (TPSA) is 263 Å². The van der Waals surface area contributed by atoms with Crippen LogP contribution in [0.3, 0.4) is 0 Å². The minimum absolute atomic E-state index is 0.0119. The molecule has 0 unspecified atom stereocenters. The van der Waals surface area contributed by atoms with Gasteiger partial charge in [0.1, 0.15) is 24.2 Å². The van der Waals surface area contributed by atoms with Gasteiger partial charge in [-0.3, -0.25) is 19.2 Å². The first-order valence-corrected chi connectivity index (χ1v) is 15.6. The van der Waals surface area contributed by atoms with Gasteiger partial charge in [-0.1, -0.05) is 34.1 Å². The Kier molecular flexibility index (Phi) is 15.9. The fourth-order valence-corrected chi connectivity index (χ4v) is 4.78. The van der Waals surface area contributed by atoms with Crippen LogP contribution in [0.25, 0.3) is 0 Å². The van der Waals surface area contributed by atoms with E-state index in [1.807, 2.05) is 27.7 Å². The van der Waals surface area contributed by atoms with Gasteiger partial charge >= 0.3 is 5.97 Å². The number of aliphatic carboxylic acids is 1. The van der Waals surface area contributed by atoms with Crippen LogP contribution >= 0.6 is 0 Å². The van der Waals surface area contributed by atoms with Gasteiger partial charge in [0.05, 0.1) is 18.7 Å². The fraction of sp³-hybridized carbons (Fsp3) is 0.633. The second-order valence-corrected chi connectivity index (χ2v) is 12.3. The van der Waals surface area contributed by atoms with Crippen LogP contribution in [0, 0.1) is 11.8 Å². The Hall–Kier alpha value is -4.31. The molecule has 5 atom stereocenters. The molecule has 46 heavy (non-hydrogen) atoms. The largest absolute Gasteiger partial charge is 0.480 e. The molecule has 0 saturated carbocycles. The smallest absolute Gasteiger partial charge is 0.326 e. The molecule has 2 aromatic heterocycles. The highest BCUT2D eigenvalue weighted by Crippen LogP contribution is 2.10. The summed E-state index contributed by atoms with van der Waals surface area (Å²) < 4.78 is 0. The fourth-order valence-electron chi connectivity index (χ4n) is 4.78. The van der Waals surface area contributed by atoms with Crippen molar-refractivity contribution < 1.29 is 29.1 Å². The Morgan fingerprint density at radius 2 is 1.15 bits per heavy atom. The van der Waals surface area contributed by atoms with E-state index in [2.05, 4.69) is 41.2 Å². The average molecular weight is 647 g/mol. The summed E-state index contributed by atoms with van der Waals surface area (Å²) in [6.07, 6.45) is 8.04. The van der Waals surface area contributed by atoms with Crippen LogP contribution in [0.2, 0.25) is 0 Å². The van der Waals surface area contributed by atoms with Gasteiger partial charge in [0, 0.05) is 36.6 Å². The van der Waals surface area contributed by atoms with Crippen LogP contribution in [-0.2, 0) is 36.8 Å². The van der Waals surface area contributed by atoms with Crippen LogP contribution in [0.1, 0.15) is 71.2 Å². The summed E-state index contributed by atoms with van der Waals surface area (Å²) in [7, 11) is 0. The van der Waals surface area contributed by atoms with Crippen molar-refractivity contribution in [2.45, 2.75) is 103 Å². The Bertz CT molecular complexity index is 1230. The number of aromatic amines is 2. The van der Waals surface area contributed by atoms with Gasteiger partial charge in [0.2, 0.25) is 23.6 Å². The minimum Gasteiger partial charge on any atom is -0.480 e. The van der Waals surface area contributed by atoms with E-state index < -0.39 is 59.8 Å². The highest BCUT2D eigenvalue weighted by molar-refractivity contribution is 5.95. The number of imidazole rings is 2. The second-order valence-electron chi connectivity index (χ2n) is 12.3. The second kappa shape index (κ2) is 19.3. The van der Waals surface area contributed by atoms with Gasteiger partial charge in [-0.25, -0.2) is 14.8 Å². The van der Waals surface area contributed by atoms with Gasteiger partial charge in [0.15, 0.2) is 0 Å². The Morgan fingerprint density at radius 3 is 1.57 bits per heavy atom. The molecular formula is C30H50N10O6. The van der Waals surface area contributed by atoms with Gasteiger partial charge < -0.3 is 47.8 Å². The lowest BCUT2D eigenvalue weighted by Gasteiger charge is -2.27. The third-order valence-electron chi connectivity index (χ3n) is 7.19. The molecule has 2 aromatic rings. The lowest BCUT2D eigenvalue weighted by molar-refractivity contribution is -0.142. The molecule has 0 saturated heterocycles. The maximum atomic E-state index is 13.8. The minimum atomic E-state index is -1.21. The first kappa shape index (κ1) is 37.9. The number of H-pyrrole nitrogens is 2. The molecule has 0 radical (unpaired) electrons. The van der Waals surface area contributed by atoms with Crippen LogP contribution in [0.15, 0.2) is 25.0 Å². The van der Waals surface area contributed by atoms with Crippen molar-refractivity contribution in [2.75, 3.05) is 6.54 Å². The van der Waals surface area contributed by atoms with Crippen molar-refractivity contribution in [3.8, 4) is 0 Å². The van der Waals surface area contributed by atoms with E-state index in [1.54, 1.807) is 0 Å². The number of rotatable bonds is 21. The van der Waals surface area contributed by atoms with Crippen LogP contribution in [-0.4, -0.2) is 91.4 Å². The number of hydrogen-bond acceptors (Lipinski definition) is 9. The summed E-state index contributed by atoms with van der Waals surface area (Å²) in [5.41, 5.74) is 12.6. The standard InChI is InChI=1S/C30H50N10O6/c1-17(2)9-22(37-26(41)21(32)7-5-6-8-31)27(42)38-23(11-19-13-33-15-35-19)28(43)39-24(12-20-14-34-16-36-20)29(44)40-25(30(45)46)10-18(3)4/h13-18,21-25H,5-12,31-32H2,1-4H3,(H,33,35)(H,34,36)(H,37,41)(H,38,42)(H,39,43)(H,40,44)(H,45,46)/t21-,22-,23-,24-,25-/m0/s1. The van der Waals surface area contributed by atoms with E-state index in [0.717, 1.165) is 6.42 Å². The summed E-state index contributed by atoms with van der Waals surface area (Å²) >= 11 is 0. The molecule has 16 heteroatoms. The molecule has 0 fully saturated rings. The molecule has 2 rings (SSSR count). The number of unbranched alkanes of at least 4 members (excludes halogenated alkanes) is 1. The summed E-state index contributed by atoms with van der Waals surface area (Å²) in [6.45, 7) is 7.93. The molecule has 0 aliphatic carbocycles. The lowest BCUT2D eigenvalue weighted by atomic mass is 10.0. The number of nitrogens with two attached hydrogens (primary N) is 2. The molecule has 4 amide bonds. The van der Waals surface area contributed by atoms with Crippen molar-refractivity contribution in [1.82, 2.24) is 41.2 Å². The third kappa shape index (κ3) is 13.4. The van der Waals surface area contributed by atoms with E-state index in [-0.39, 0.29) is 37.5 Å². The summed E-state index contributed by atoms with van der Waals surface area (Å²) in [5.74, 6) is -3.71. The molecule has 2 heterocycles. The zero-order valence-corrected chi connectivity index (χ0v) is 27.0. The van der Waals surface area contributed by atoms with Crippen molar-refractivity contribution in [3.63, 3.8) is 0 Å². The predicted octanol–water partition coefficient (Wildman–Crippen LogP) is -0.510. The number of carbonyl (C=O) groups excluding carboxylic acids is 4. The van der Waals surface area contributed by atoms with E-state index in [4.69, 9.17) is 11.5 Å². The van der Waals surface area contributed by atoms with Crippen LogP contribution in [0.5, 0.6) is 0 Å². The van der Waals surface area contributed by atoms with E-state index in [9.17, 15) is 29.1 Å². The van der Waals surface area contributed by atoms with Gasteiger partial charge in [-0.15, -0.1) is 0 Å². The van der Waals surface area contributed by atoms with Crippen molar-refractivity contribution in [2.24, 2.45) is 23.3 Å². The summed E-state index contributed by atoms with van der Waals surface area (Å²) in [5, 5.41) is 20.3. The number of amides is 4. The highest BCUT2D eigenvalue weighted by Gasteiger charge is 2.33. The molecule has 256 valence electrons. The SMILES string of the molecule is CC(C)C[C@H](NC(=O)[C@H](Cc1cnc[nH]1)NC(=O)[C@H](Cc1cnc[nH]1)NC(=O)[C@H](CC(C)C)NC(=O)[C@@H](N)CCCCN)C(=O)O. The van der Waals surface area contributed by atoms with Crippen molar-refractivity contribution in [3.05, 3.63) is 36.4 Å². The lowest BCUT2D eigenvalue weighted by Crippen LogP contribution is -2.59. The van der Waals surface area contributed by atoms with Crippen molar-refractivity contribution >= 4 is 29.6 Å². The zero-order chi connectivity index (χ0) is 34.2. The number of nitrogens with one attached hydrogen (secondary N) is 6. The zero-order valence-electron chi connectivity index (χ0n) is 27.0. The van der Waals surface area contributed by atoms with Gasteiger partial charge in [-0.2, -0.15) is 0 Å². The molecule has 11 N–H and O–H groups in total. The van der Waals surface area contributed by atoms with E-state index in [1.165, 1.54) is 25.0 Å². The Labute approximate surface area is 269 Å². The maximum Gasteiger partial charge on any atom is 0.326 e. The Morgan fingerprint density at radius 1 is 0.717 bits per heavy atom. The van der Waals surface area contributed by atoms with Crippen molar-refractivity contribution in [1.29, 1.82) is 0 Å². The van der Waals surface area contributed by atoms with E-state index >= 15 is 0 Å². The first-order valence-electron chi connectivity index (χ1n) is 15.6. The van der Waals surface area contributed by atoms with Gasteiger partial charge in [-0.05, 0) is 44.1 Å². The number of aromatic nitrogens is 4. The van der Waals surface area contributed by atoms with Crippen LogP contribution < -0.4 is 32.7 Å². The normalized spacial score (nSPS) is 14.6. The monoisotopic (exact) mass is 646 g/mol. The number of carboxylic acids is 1. The quantitative estimate of drug-likeness (QED) is 0.0784. The summed E-state index contributed by atoms with van der Waals surface area (Å²) in [4.78, 5) is 79.2. The first-order chi connectivity index (χ1) is 21.8. The molecule has 0 aliphatic heterocycles. The maximum absolute atomic E-state index is 13.8. The highest BCUT2D eigenvalue weighted by atomic mass is 16.4. The molecule has 0 bridgehead atoms. The van der Waals surface area contributed by atoms with E-state index in [0.29, 0.717) is 30.8 Å². The molecular weight excluding hydrogens is 596 g/mol. The predicted molar refractivity (Wildman–Crippen MR) is 170 cm³/mol.